The van der Waals surface area contributed by atoms with Gasteiger partial charge < -0.3 is 20.1 Å². The Bertz CT molecular complexity index is 800. The van der Waals surface area contributed by atoms with Crippen LogP contribution in [0, 0.1) is 0 Å². The molecule has 0 aliphatic heterocycles. The maximum atomic E-state index is 12.6. The molecule has 0 aliphatic carbocycles. The van der Waals surface area contributed by atoms with Crippen LogP contribution in [0.4, 0.5) is 13.2 Å². The van der Waals surface area contributed by atoms with E-state index in [1.165, 1.54) is 0 Å². The molecular weight excluding hydrogens is 520 g/mol. The highest BCUT2D eigenvalue weighted by molar-refractivity contribution is 14.0. The standard InChI is InChI=1S/C18H23F3N4O2S.HI/c1-4-22-17(23-9-8-15-25-14(11-28-15)18(19,20)21)24-10-12-6-5-7-13(26-2)16(12)27-3;/h5-7,11H,4,8-10H2,1-3H3,(H2,22,23,24);1H. The van der Waals surface area contributed by atoms with Crippen LogP contribution in [0.15, 0.2) is 28.6 Å². The molecule has 2 aromatic rings. The Balaban J connectivity index is 0.00000420. The number of halogens is 4. The number of methoxy groups -OCH3 is 2. The maximum absolute atomic E-state index is 12.6. The van der Waals surface area contributed by atoms with E-state index in [2.05, 4.69) is 20.6 Å². The van der Waals surface area contributed by atoms with Gasteiger partial charge in [-0.2, -0.15) is 13.2 Å². The lowest BCUT2D eigenvalue weighted by Crippen LogP contribution is -2.38. The largest absolute Gasteiger partial charge is 0.493 e. The zero-order chi connectivity index (χ0) is 20.6. The van der Waals surface area contributed by atoms with Crippen molar-refractivity contribution in [3.05, 3.63) is 39.8 Å². The minimum atomic E-state index is -4.41. The molecule has 0 aliphatic rings. The lowest BCUT2D eigenvalue weighted by molar-refractivity contribution is -0.140. The first-order chi connectivity index (χ1) is 13.4. The van der Waals surface area contributed by atoms with Gasteiger partial charge in [-0.25, -0.2) is 9.98 Å². The summed E-state index contributed by atoms with van der Waals surface area (Å²) < 4.78 is 48.5. The number of ether oxygens (including phenoxy) is 2. The molecule has 1 aromatic heterocycles. The molecule has 0 radical (unpaired) electrons. The van der Waals surface area contributed by atoms with Gasteiger partial charge in [0, 0.05) is 30.5 Å². The number of aromatic nitrogens is 1. The van der Waals surface area contributed by atoms with Gasteiger partial charge in [-0.3, -0.25) is 0 Å². The molecule has 0 unspecified atom stereocenters. The van der Waals surface area contributed by atoms with Gasteiger partial charge in [0.15, 0.2) is 23.2 Å². The van der Waals surface area contributed by atoms with Gasteiger partial charge in [0.25, 0.3) is 0 Å². The van der Waals surface area contributed by atoms with Crippen molar-refractivity contribution in [3.63, 3.8) is 0 Å². The third kappa shape index (κ3) is 7.53. The molecule has 29 heavy (non-hydrogen) atoms. The van der Waals surface area contributed by atoms with Gasteiger partial charge in [-0.15, -0.1) is 35.3 Å². The molecular formula is C18H24F3IN4O2S. The number of benzene rings is 1. The van der Waals surface area contributed by atoms with Crippen LogP contribution in [0.5, 0.6) is 11.5 Å². The molecule has 0 fully saturated rings. The lowest BCUT2D eigenvalue weighted by Gasteiger charge is -2.13. The Morgan fingerprint density at radius 1 is 1.21 bits per heavy atom. The van der Waals surface area contributed by atoms with Crippen LogP contribution in [0.2, 0.25) is 0 Å². The normalized spacial score (nSPS) is 11.6. The Labute approximate surface area is 188 Å². The number of aliphatic imine (C=N–C) groups is 1. The summed E-state index contributed by atoms with van der Waals surface area (Å²) in [6.45, 7) is 3.34. The van der Waals surface area contributed by atoms with Gasteiger partial charge in [0.2, 0.25) is 0 Å². The average molecular weight is 544 g/mol. The van der Waals surface area contributed by atoms with E-state index in [9.17, 15) is 13.2 Å². The summed E-state index contributed by atoms with van der Waals surface area (Å²) in [5.74, 6) is 1.80. The number of hydrogen-bond acceptors (Lipinski definition) is 5. The van der Waals surface area contributed by atoms with E-state index in [4.69, 9.17) is 9.47 Å². The summed E-state index contributed by atoms with van der Waals surface area (Å²) in [5, 5.41) is 7.66. The molecule has 0 bridgehead atoms. The predicted molar refractivity (Wildman–Crippen MR) is 119 cm³/mol. The van der Waals surface area contributed by atoms with E-state index in [1.807, 2.05) is 19.1 Å². The fourth-order valence-electron chi connectivity index (χ4n) is 2.43. The highest BCUT2D eigenvalue weighted by atomic mass is 127. The van der Waals surface area contributed by atoms with Crippen LogP contribution in [0.1, 0.15) is 23.2 Å². The number of guanidine groups is 1. The van der Waals surface area contributed by atoms with Crippen molar-refractivity contribution in [2.75, 3.05) is 27.3 Å². The number of nitrogens with zero attached hydrogens (tertiary/aromatic N) is 2. The third-order valence-electron chi connectivity index (χ3n) is 3.71. The van der Waals surface area contributed by atoms with Crippen molar-refractivity contribution < 1.29 is 22.6 Å². The molecule has 1 aromatic carbocycles. The van der Waals surface area contributed by atoms with Gasteiger partial charge in [-0.05, 0) is 13.0 Å². The average Bonchev–Trinajstić information content (AvgIpc) is 3.15. The topological polar surface area (TPSA) is 67.8 Å². The van der Waals surface area contributed by atoms with E-state index in [1.54, 1.807) is 20.3 Å². The second-order valence-electron chi connectivity index (χ2n) is 5.65. The number of hydrogen-bond donors (Lipinski definition) is 2. The molecule has 0 atom stereocenters. The van der Waals surface area contributed by atoms with E-state index in [0.29, 0.717) is 48.5 Å². The van der Waals surface area contributed by atoms with Gasteiger partial charge >= 0.3 is 6.18 Å². The zero-order valence-corrected chi connectivity index (χ0v) is 19.4. The van der Waals surface area contributed by atoms with Crippen LogP contribution < -0.4 is 20.1 Å². The smallest absolute Gasteiger partial charge is 0.434 e. The van der Waals surface area contributed by atoms with Crippen molar-refractivity contribution in [1.82, 2.24) is 15.6 Å². The highest BCUT2D eigenvalue weighted by Gasteiger charge is 2.33. The van der Waals surface area contributed by atoms with Gasteiger partial charge in [0.05, 0.1) is 25.8 Å². The van der Waals surface area contributed by atoms with Crippen LogP contribution in [-0.4, -0.2) is 38.3 Å². The monoisotopic (exact) mass is 544 g/mol. The molecule has 1 heterocycles. The van der Waals surface area contributed by atoms with E-state index in [-0.39, 0.29) is 24.0 Å². The molecule has 6 nitrogen and oxygen atoms in total. The van der Waals surface area contributed by atoms with Crippen LogP contribution in [0.3, 0.4) is 0 Å². The predicted octanol–water partition coefficient (Wildman–Crippen LogP) is 4.09. The SMILES string of the molecule is CCNC(=NCc1cccc(OC)c1OC)NCCc1nc(C(F)(F)F)cs1.I. The van der Waals surface area contributed by atoms with E-state index in [0.717, 1.165) is 22.3 Å². The van der Waals surface area contributed by atoms with Crippen molar-refractivity contribution in [2.24, 2.45) is 4.99 Å². The second kappa shape index (κ2) is 12.1. The summed E-state index contributed by atoms with van der Waals surface area (Å²) in [4.78, 5) is 8.13. The summed E-state index contributed by atoms with van der Waals surface area (Å²) in [6, 6.07) is 5.55. The number of rotatable bonds is 8. The van der Waals surface area contributed by atoms with Crippen LogP contribution >= 0.6 is 35.3 Å². The second-order valence-corrected chi connectivity index (χ2v) is 6.59. The van der Waals surface area contributed by atoms with Crippen LogP contribution in [0.25, 0.3) is 0 Å². The summed E-state index contributed by atoms with van der Waals surface area (Å²) in [7, 11) is 3.14. The van der Waals surface area contributed by atoms with Gasteiger partial charge in [-0.1, -0.05) is 12.1 Å². The van der Waals surface area contributed by atoms with Crippen molar-refractivity contribution in [3.8, 4) is 11.5 Å². The fourth-order valence-corrected chi connectivity index (χ4v) is 3.23. The molecule has 2 rings (SSSR count). The summed E-state index contributed by atoms with van der Waals surface area (Å²) in [6.07, 6.45) is -4.04. The summed E-state index contributed by atoms with van der Waals surface area (Å²) in [5.41, 5.74) is 0.00647. The van der Waals surface area contributed by atoms with Gasteiger partial charge in [0.1, 0.15) is 0 Å². The number of thiazole rings is 1. The lowest BCUT2D eigenvalue weighted by atomic mass is 10.2. The fraction of sp³-hybridized carbons (Fsp3) is 0.444. The van der Waals surface area contributed by atoms with Crippen molar-refractivity contribution in [2.45, 2.75) is 26.1 Å². The van der Waals surface area contributed by atoms with Crippen molar-refractivity contribution in [1.29, 1.82) is 0 Å². The summed E-state index contributed by atoms with van der Waals surface area (Å²) >= 11 is 0.999. The first-order valence-corrected chi connectivity index (χ1v) is 9.50. The number of nitrogens with one attached hydrogen (secondary N) is 2. The first kappa shape index (κ1) is 25.3. The molecule has 11 heteroatoms. The Hall–Kier alpha value is -1.76. The molecule has 0 amide bonds. The molecule has 0 saturated heterocycles. The quantitative estimate of drug-likeness (QED) is 0.298. The molecule has 0 spiro atoms. The van der Waals surface area contributed by atoms with Crippen LogP contribution in [-0.2, 0) is 19.1 Å². The molecule has 2 N–H and O–H groups in total. The minimum Gasteiger partial charge on any atom is -0.493 e. The van der Waals surface area contributed by atoms with E-state index < -0.39 is 11.9 Å². The first-order valence-electron chi connectivity index (χ1n) is 8.62. The Kier molecular flexibility index (Phi) is 10.5. The molecule has 0 saturated carbocycles. The number of para-hydroxylation sites is 1. The van der Waals surface area contributed by atoms with Crippen molar-refractivity contribution >= 4 is 41.3 Å². The minimum absolute atomic E-state index is 0. The number of alkyl halides is 3. The van der Waals surface area contributed by atoms with E-state index >= 15 is 0 Å². The molecule has 162 valence electrons. The third-order valence-corrected chi connectivity index (χ3v) is 4.62. The highest BCUT2D eigenvalue weighted by Crippen LogP contribution is 2.31. The zero-order valence-electron chi connectivity index (χ0n) is 16.3. The Morgan fingerprint density at radius 2 is 1.97 bits per heavy atom. The Morgan fingerprint density at radius 3 is 2.55 bits per heavy atom. The maximum Gasteiger partial charge on any atom is 0.434 e.